The van der Waals surface area contributed by atoms with Crippen LogP contribution in [0.1, 0.15) is 5.56 Å². The summed E-state index contributed by atoms with van der Waals surface area (Å²) < 4.78 is 10.1. The van der Waals surface area contributed by atoms with Crippen LogP contribution >= 0.6 is 15.9 Å². The highest BCUT2D eigenvalue weighted by molar-refractivity contribution is 9.12. The molecule has 1 aromatic rings. The molecular formula is C13H9BrO4. The van der Waals surface area contributed by atoms with Crippen molar-refractivity contribution in [3.8, 4) is 0 Å². The first-order chi connectivity index (χ1) is 8.63. The molecule has 0 atom stereocenters. The third-order valence-electron chi connectivity index (χ3n) is 2.32. The van der Waals surface area contributed by atoms with Gasteiger partial charge >= 0.3 is 5.97 Å². The molecule has 0 saturated carbocycles. The maximum atomic E-state index is 11.8. The zero-order chi connectivity index (χ0) is 13.1. The van der Waals surface area contributed by atoms with E-state index in [4.69, 9.17) is 4.74 Å². The number of hydrogen-bond donors (Lipinski definition) is 0. The summed E-state index contributed by atoms with van der Waals surface area (Å²) >= 11 is 3.17. The molecule has 0 aromatic heterocycles. The first kappa shape index (κ1) is 12.6. The number of hydrogen-bond acceptors (Lipinski definition) is 4. The first-order valence-electron chi connectivity index (χ1n) is 5.11. The predicted octanol–water partition coefficient (Wildman–Crippen LogP) is 2.41. The molecular weight excluding hydrogens is 300 g/mol. The average molecular weight is 309 g/mol. The Labute approximate surface area is 112 Å². The molecule has 2 rings (SSSR count). The van der Waals surface area contributed by atoms with Gasteiger partial charge in [0, 0.05) is 5.56 Å². The molecule has 0 radical (unpaired) electrons. The van der Waals surface area contributed by atoms with Crippen LogP contribution in [-0.4, -0.2) is 18.9 Å². The molecule has 4 nitrogen and oxygen atoms in total. The van der Waals surface area contributed by atoms with E-state index in [0.29, 0.717) is 10.2 Å². The number of esters is 1. The van der Waals surface area contributed by atoms with Crippen molar-refractivity contribution in [1.82, 2.24) is 0 Å². The Morgan fingerprint density at radius 3 is 2.61 bits per heavy atom. The van der Waals surface area contributed by atoms with Crippen molar-refractivity contribution in [3.63, 3.8) is 0 Å². The van der Waals surface area contributed by atoms with Crippen LogP contribution < -0.4 is 0 Å². The fourth-order valence-corrected chi connectivity index (χ4v) is 1.95. The van der Waals surface area contributed by atoms with Gasteiger partial charge in [-0.2, -0.15) is 0 Å². The Hall–Kier alpha value is -1.88. The molecule has 1 heterocycles. The van der Waals surface area contributed by atoms with Crippen molar-refractivity contribution in [3.05, 3.63) is 52.2 Å². The minimum atomic E-state index is -0.632. The van der Waals surface area contributed by atoms with Crippen molar-refractivity contribution in [2.45, 2.75) is 0 Å². The lowest BCUT2D eigenvalue weighted by molar-refractivity contribution is -0.135. The monoisotopic (exact) mass is 308 g/mol. The number of halogens is 1. The fourth-order valence-electron chi connectivity index (χ4n) is 1.45. The molecule has 0 fully saturated rings. The normalized spacial score (nSPS) is 17.0. The summed E-state index contributed by atoms with van der Waals surface area (Å²) in [6.07, 6.45) is 1.03. The zero-order valence-corrected chi connectivity index (χ0v) is 11.1. The van der Waals surface area contributed by atoms with Crippen LogP contribution in [0.2, 0.25) is 0 Å². The zero-order valence-electron chi connectivity index (χ0n) is 9.48. The van der Waals surface area contributed by atoms with Gasteiger partial charge in [0.2, 0.25) is 5.78 Å². The smallest absolute Gasteiger partial charge is 0.334 e. The Kier molecular flexibility index (Phi) is 3.62. The van der Waals surface area contributed by atoms with Gasteiger partial charge < -0.3 is 9.47 Å². The number of carbonyl (C=O) groups excluding carboxylic acids is 2. The molecule has 5 heteroatoms. The number of ketones is 1. The summed E-state index contributed by atoms with van der Waals surface area (Å²) in [5, 5.41) is 0. The summed E-state index contributed by atoms with van der Waals surface area (Å²) in [5.41, 5.74) is 0.756. The van der Waals surface area contributed by atoms with Gasteiger partial charge in [-0.25, -0.2) is 4.79 Å². The van der Waals surface area contributed by atoms with Crippen LogP contribution in [0, 0.1) is 0 Å². The van der Waals surface area contributed by atoms with Crippen molar-refractivity contribution >= 4 is 33.4 Å². The SMILES string of the molecule is COC(=O)/C=C1/OC(c2ccccc2)=C(Br)C1=O. The van der Waals surface area contributed by atoms with E-state index in [0.717, 1.165) is 11.6 Å². The molecule has 0 bridgehead atoms. The number of rotatable bonds is 2. The van der Waals surface area contributed by atoms with Crippen LogP contribution in [0.15, 0.2) is 46.6 Å². The molecule has 1 aliphatic heterocycles. The number of allylic oxidation sites excluding steroid dienone is 1. The van der Waals surface area contributed by atoms with Crippen molar-refractivity contribution in [1.29, 1.82) is 0 Å². The third-order valence-corrected chi connectivity index (χ3v) is 3.04. The second-order valence-electron chi connectivity index (χ2n) is 3.47. The van der Waals surface area contributed by atoms with Gasteiger partial charge in [-0.05, 0) is 15.9 Å². The largest absolute Gasteiger partial charge is 0.466 e. The summed E-state index contributed by atoms with van der Waals surface area (Å²) in [7, 11) is 1.24. The lowest BCUT2D eigenvalue weighted by Crippen LogP contribution is -2.02. The molecule has 0 unspecified atom stereocenters. The Balaban J connectivity index is 2.33. The van der Waals surface area contributed by atoms with Gasteiger partial charge in [0.05, 0.1) is 13.2 Å². The van der Waals surface area contributed by atoms with Gasteiger partial charge in [0.25, 0.3) is 0 Å². The number of benzene rings is 1. The van der Waals surface area contributed by atoms with E-state index in [9.17, 15) is 9.59 Å². The molecule has 0 spiro atoms. The van der Waals surface area contributed by atoms with Crippen molar-refractivity contribution in [2.24, 2.45) is 0 Å². The lowest BCUT2D eigenvalue weighted by atomic mass is 10.2. The summed E-state index contributed by atoms with van der Waals surface area (Å²) in [5.74, 6) is -0.657. The van der Waals surface area contributed by atoms with Crippen LogP contribution in [0.4, 0.5) is 0 Å². The second-order valence-corrected chi connectivity index (χ2v) is 4.27. The fraction of sp³-hybridized carbons (Fsp3) is 0.0769. The highest BCUT2D eigenvalue weighted by Gasteiger charge is 2.30. The molecule has 1 aliphatic rings. The van der Waals surface area contributed by atoms with E-state index < -0.39 is 5.97 Å². The van der Waals surface area contributed by atoms with Gasteiger partial charge in [-0.1, -0.05) is 30.3 Å². The standard InChI is InChI=1S/C13H9BrO4/c1-17-10(15)7-9-12(16)11(14)13(18-9)8-5-3-2-4-6-8/h2-7H,1H3/b9-7+. The summed E-state index contributed by atoms with van der Waals surface area (Å²) in [6, 6.07) is 9.15. The highest BCUT2D eigenvalue weighted by Crippen LogP contribution is 2.35. The molecule has 0 saturated heterocycles. The molecule has 0 N–H and O–H groups in total. The number of ether oxygens (including phenoxy) is 2. The van der Waals surface area contributed by atoms with E-state index in [1.165, 1.54) is 7.11 Å². The number of methoxy groups -OCH3 is 1. The van der Waals surface area contributed by atoms with Gasteiger partial charge in [-0.3, -0.25) is 4.79 Å². The minimum absolute atomic E-state index is 0.0485. The Morgan fingerprint density at radius 1 is 1.33 bits per heavy atom. The van der Waals surface area contributed by atoms with Crippen LogP contribution in [0.25, 0.3) is 5.76 Å². The van der Waals surface area contributed by atoms with Gasteiger partial charge in [0.1, 0.15) is 4.48 Å². The molecule has 92 valence electrons. The van der Waals surface area contributed by atoms with Gasteiger partial charge in [-0.15, -0.1) is 0 Å². The minimum Gasteiger partial charge on any atom is -0.466 e. The lowest BCUT2D eigenvalue weighted by Gasteiger charge is -2.03. The maximum Gasteiger partial charge on any atom is 0.334 e. The van der Waals surface area contributed by atoms with Crippen molar-refractivity contribution < 1.29 is 19.1 Å². The van der Waals surface area contributed by atoms with Crippen LogP contribution in [0.5, 0.6) is 0 Å². The van der Waals surface area contributed by atoms with Crippen LogP contribution in [0.3, 0.4) is 0 Å². The topological polar surface area (TPSA) is 52.6 Å². The predicted molar refractivity (Wildman–Crippen MR) is 68.5 cm³/mol. The Morgan fingerprint density at radius 2 is 2.00 bits per heavy atom. The Bertz CT molecular complexity index is 558. The van der Waals surface area contributed by atoms with Crippen molar-refractivity contribution in [2.75, 3.05) is 7.11 Å². The van der Waals surface area contributed by atoms with E-state index in [-0.39, 0.29) is 11.5 Å². The summed E-state index contributed by atoms with van der Waals surface area (Å²) in [6.45, 7) is 0. The van der Waals surface area contributed by atoms with Gasteiger partial charge in [0.15, 0.2) is 11.5 Å². The maximum absolute atomic E-state index is 11.8. The average Bonchev–Trinajstić information content (AvgIpc) is 2.68. The quantitative estimate of drug-likeness (QED) is 0.622. The number of Topliss-reactive ketones (excluding diaryl/α,β-unsaturated/α-hetero) is 1. The molecule has 18 heavy (non-hydrogen) atoms. The first-order valence-corrected chi connectivity index (χ1v) is 5.90. The third kappa shape index (κ3) is 2.36. The van der Waals surface area contributed by atoms with E-state index in [2.05, 4.69) is 20.7 Å². The number of carbonyl (C=O) groups is 2. The molecule has 1 aromatic carbocycles. The highest BCUT2D eigenvalue weighted by atomic mass is 79.9. The summed E-state index contributed by atoms with van der Waals surface area (Å²) in [4.78, 5) is 22.9. The second kappa shape index (κ2) is 5.18. The van der Waals surface area contributed by atoms with E-state index >= 15 is 0 Å². The van der Waals surface area contributed by atoms with E-state index in [1.54, 1.807) is 0 Å². The van der Waals surface area contributed by atoms with E-state index in [1.807, 2.05) is 30.3 Å². The molecule has 0 amide bonds. The van der Waals surface area contributed by atoms with Crippen LogP contribution in [-0.2, 0) is 19.1 Å². The molecule has 0 aliphatic carbocycles.